The molecule has 6 nitrogen and oxygen atoms in total. The van der Waals surface area contributed by atoms with Gasteiger partial charge in [0.25, 0.3) is 0 Å². The summed E-state index contributed by atoms with van der Waals surface area (Å²) in [6.07, 6.45) is 4.50. The van der Waals surface area contributed by atoms with Gasteiger partial charge in [-0.25, -0.2) is 9.59 Å². The number of carboxylic acids is 2. The number of carbonyl (C=O) groups is 2. The molecule has 0 saturated carbocycles. The van der Waals surface area contributed by atoms with Gasteiger partial charge in [0.15, 0.2) is 0 Å². The molecule has 114 valence electrons. The Balaban J connectivity index is 0.000000192. The first-order chi connectivity index (χ1) is 10.5. The highest BCUT2D eigenvalue weighted by Gasteiger charge is 2.17. The Labute approximate surface area is 126 Å². The van der Waals surface area contributed by atoms with E-state index in [4.69, 9.17) is 15.9 Å². The minimum absolute atomic E-state index is 0.558. The van der Waals surface area contributed by atoms with Crippen LogP contribution in [-0.4, -0.2) is 27.1 Å². The smallest absolute Gasteiger partial charge is 0.328 e. The van der Waals surface area contributed by atoms with Gasteiger partial charge in [-0.05, 0) is 30.9 Å². The van der Waals surface area contributed by atoms with Crippen molar-refractivity contribution >= 4 is 28.5 Å². The van der Waals surface area contributed by atoms with Crippen molar-refractivity contribution in [3.8, 4) is 0 Å². The summed E-state index contributed by atoms with van der Waals surface area (Å²) in [5.41, 5.74) is 10.6. The van der Waals surface area contributed by atoms with E-state index in [-0.39, 0.29) is 0 Å². The molecule has 6 heteroatoms. The van der Waals surface area contributed by atoms with Gasteiger partial charge in [0, 0.05) is 28.9 Å². The van der Waals surface area contributed by atoms with Crippen LogP contribution in [0.4, 0.5) is 5.69 Å². The van der Waals surface area contributed by atoms with Crippen molar-refractivity contribution < 1.29 is 19.8 Å². The molecule has 1 aromatic carbocycles. The first-order valence-corrected chi connectivity index (χ1v) is 6.79. The summed E-state index contributed by atoms with van der Waals surface area (Å²) in [5.74, 6) is -2.51. The van der Waals surface area contributed by atoms with Gasteiger partial charge >= 0.3 is 11.9 Å². The number of nitrogens with two attached hydrogens (primary N) is 1. The Morgan fingerprint density at radius 1 is 1.09 bits per heavy atom. The number of hydrogen-bond acceptors (Lipinski definition) is 4. The van der Waals surface area contributed by atoms with Gasteiger partial charge in [-0.15, -0.1) is 0 Å². The van der Waals surface area contributed by atoms with Gasteiger partial charge in [0.1, 0.15) is 0 Å². The van der Waals surface area contributed by atoms with E-state index in [0.29, 0.717) is 12.2 Å². The minimum atomic E-state index is -1.26. The number of benzene rings is 1. The number of fused-ring (bicyclic) bond motifs is 2. The standard InChI is InChI=1S/C12H12N2.C4H4O4/c13-12-8-4-1-2-6-10(8)14-11-7-3-5-9(11)12;5-3(6)1-2-4(7)8/h1-2,4,6H,3,5,7H2,(H2,13,14);1-2H,(H,5,6)(H,7,8)/b;2-1+. The van der Waals surface area contributed by atoms with E-state index in [1.807, 2.05) is 18.2 Å². The summed E-state index contributed by atoms with van der Waals surface area (Å²) < 4.78 is 0. The molecule has 0 saturated heterocycles. The maximum Gasteiger partial charge on any atom is 0.328 e. The van der Waals surface area contributed by atoms with E-state index in [1.54, 1.807) is 0 Å². The molecule has 0 unspecified atom stereocenters. The highest BCUT2D eigenvalue weighted by atomic mass is 16.4. The third-order valence-corrected chi connectivity index (χ3v) is 3.33. The van der Waals surface area contributed by atoms with E-state index < -0.39 is 11.9 Å². The highest BCUT2D eigenvalue weighted by molar-refractivity contribution is 5.92. The number of nitrogens with zero attached hydrogens (tertiary/aromatic N) is 1. The van der Waals surface area contributed by atoms with Gasteiger partial charge in [-0.2, -0.15) is 0 Å². The second-order valence-corrected chi connectivity index (χ2v) is 4.83. The van der Waals surface area contributed by atoms with Crippen LogP contribution in [0.1, 0.15) is 17.7 Å². The van der Waals surface area contributed by atoms with Crippen molar-refractivity contribution in [3.63, 3.8) is 0 Å². The third kappa shape index (κ3) is 3.60. The first-order valence-electron chi connectivity index (χ1n) is 6.79. The van der Waals surface area contributed by atoms with Crippen LogP contribution in [0.2, 0.25) is 0 Å². The average Bonchev–Trinajstić information content (AvgIpc) is 2.95. The molecule has 1 aromatic heterocycles. The van der Waals surface area contributed by atoms with Crippen molar-refractivity contribution in [2.24, 2.45) is 0 Å². The fourth-order valence-electron chi connectivity index (χ4n) is 2.39. The Morgan fingerprint density at radius 3 is 2.36 bits per heavy atom. The zero-order valence-corrected chi connectivity index (χ0v) is 11.8. The molecule has 1 aliphatic carbocycles. The number of rotatable bonds is 2. The molecule has 1 aliphatic rings. The molecule has 4 N–H and O–H groups in total. The summed E-state index contributed by atoms with van der Waals surface area (Å²) in [6, 6.07) is 8.11. The fraction of sp³-hybridized carbons (Fsp3) is 0.188. The number of nitrogen functional groups attached to an aromatic ring is 1. The molecule has 0 aliphatic heterocycles. The summed E-state index contributed by atoms with van der Waals surface area (Å²) in [6.45, 7) is 0. The monoisotopic (exact) mass is 300 g/mol. The topological polar surface area (TPSA) is 114 Å². The maximum atomic E-state index is 9.55. The predicted octanol–water partition coefficient (Wildman–Crippen LogP) is 2.02. The molecule has 3 rings (SSSR count). The molecule has 0 bridgehead atoms. The molecular weight excluding hydrogens is 284 g/mol. The number of anilines is 1. The Hall–Kier alpha value is -2.89. The fourth-order valence-corrected chi connectivity index (χ4v) is 2.39. The van der Waals surface area contributed by atoms with Crippen LogP contribution in [-0.2, 0) is 22.4 Å². The lowest BCUT2D eigenvalue weighted by Crippen LogP contribution is -1.97. The SMILES string of the molecule is Nc1c2c(nc3ccccc13)CCC2.O=C(O)/C=C/C(=O)O. The number of aryl methyl sites for hydroxylation is 1. The van der Waals surface area contributed by atoms with Crippen molar-refractivity contribution in [1.82, 2.24) is 4.98 Å². The maximum absolute atomic E-state index is 9.55. The molecule has 0 spiro atoms. The van der Waals surface area contributed by atoms with E-state index in [1.165, 1.54) is 17.7 Å². The lowest BCUT2D eigenvalue weighted by Gasteiger charge is -2.07. The molecule has 0 radical (unpaired) electrons. The second-order valence-electron chi connectivity index (χ2n) is 4.83. The molecule has 1 heterocycles. The quantitative estimate of drug-likeness (QED) is 0.731. The summed E-state index contributed by atoms with van der Waals surface area (Å²) in [7, 11) is 0. The molecule has 0 fully saturated rings. The highest BCUT2D eigenvalue weighted by Crippen LogP contribution is 2.31. The van der Waals surface area contributed by atoms with Crippen molar-refractivity contribution in [2.75, 3.05) is 5.73 Å². The number of hydrogen-bond donors (Lipinski definition) is 3. The number of aromatic nitrogens is 1. The summed E-state index contributed by atoms with van der Waals surface area (Å²) in [4.78, 5) is 23.7. The molecule has 0 amide bonds. The molecule has 22 heavy (non-hydrogen) atoms. The number of aliphatic carboxylic acids is 2. The van der Waals surface area contributed by atoms with Crippen LogP contribution in [0.5, 0.6) is 0 Å². The second kappa shape index (κ2) is 6.71. The van der Waals surface area contributed by atoms with Crippen LogP contribution in [0.3, 0.4) is 0 Å². The van der Waals surface area contributed by atoms with E-state index in [0.717, 1.165) is 29.4 Å². The Bertz CT molecular complexity index is 737. The predicted molar refractivity (Wildman–Crippen MR) is 82.6 cm³/mol. The largest absolute Gasteiger partial charge is 0.478 e. The van der Waals surface area contributed by atoms with Crippen molar-refractivity contribution in [3.05, 3.63) is 47.7 Å². The summed E-state index contributed by atoms with van der Waals surface area (Å²) in [5, 5.41) is 16.7. The molecular formula is C16H16N2O4. The van der Waals surface area contributed by atoms with E-state index in [9.17, 15) is 9.59 Å². The van der Waals surface area contributed by atoms with E-state index in [2.05, 4.69) is 11.1 Å². The van der Waals surface area contributed by atoms with Gasteiger partial charge in [0.05, 0.1) is 5.52 Å². The average molecular weight is 300 g/mol. The van der Waals surface area contributed by atoms with Gasteiger partial charge in [-0.3, -0.25) is 4.98 Å². The van der Waals surface area contributed by atoms with Crippen LogP contribution in [0.15, 0.2) is 36.4 Å². The van der Waals surface area contributed by atoms with Crippen molar-refractivity contribution in [2.45, 2.75) is 19.3 Å². The number of pyridine rings is 1. The summed E-state index contributed by atoms with van der Waals surface area (Å²) >= 11 is 0. The Kier molecular flexibility index (Phi) is 4.73. The van der Waals surface area contributed by atoms with Crippen LogP contribution < -0.4 is 5.73 Å². The number of carboxylic acid groups (broad SMARTS) is 2. The minimum Gasteiger partial charge on any atom is -0.478 e. The van der Waals surface area contributed by atoms with E-state index >= 15 is 0 Å². The lowest BCUT2D eigenvalue weighted by molar-refractivity contribution is -0.134. The van der Waals surface area contributed by atoms with Crippen LogP contribution in [0.25, 0.3) is 10.9 Å². The van der Waals surface area contributed by atoms with Gasteiger partial charge < -0.3 is 15.9 Å². The first kappa shape index (κ1) is 15.5. The van der Waals surface area contributed by atoms with Gasteiger partial charge in [0.2, 0.25) is 0 Å². The lowest BCUT2D eigenvalue weighted by atomic mass is 10.1. The zero-order chi connectivity index (χ0) is 16.1. The Morgan fingerprint density at radius 2 is 1.73 bits per heavy atom. The van der Waals surface area contributed by atoms with Crippen molar-refractivity contribution in [1.29, 1.82) is 0 Å². The molecule has 0 atom stereocenters. The molecule has 2 aromatic rings. The van der Waals surface area contributed by atoms with Crippen LogP contribution >= 0.6 is 0 Å². The normalized spacial score (nSPS) is 12.7. The van der Waals surface area contributed by atoms with Gasteiger partial charge in [-0.1, -0.05) is 18.2 Å². The van der Waals surface area contributed by atoms with Crippen LogP contribution in [0, 0.1) is 0 Å². The third-order valence-electron chi connectivity index (χ3n) is 3.33. The number of para-hydroxylation sites is 1. The zero-order valence-electron chi connectivity index (χ0n) is 11.8.